The highest BCUT2D eigenvalue weighted by atomic mass is 127. The van der Waals surface area contributed by atoms with E-state index in [4.69, 9.17) is 0 Å². The van der Waals surface area contributed by atoms with Crippen LogP contribution in [0.15, 0.2) is 18.2 Å². The van der Waals surface area contributed by atoms with Gasteiger partial charge in [-0.25, -0.2) is 4.39 Å². The minimum atomic E-state index is -0.528. The SMILES string of the molecule is C[C](CF)c1cc(F)ccc1I. The summed E-state index contributed by atoms with van der Waals surface area (Å²) in [5.41, 5.74) is 0.665. The van der Waals surface area contributed by atoms with Crippen molar-refractivity contribution in [2.45, 2.75) is 6.92 Å². The van der Waals surface area contributed by atoms with Gasteiger partial charge in [0.05, 0.1) is 6.67 Å². The normalized spacial score (nSPS) is 10.8. The van der Waals surface area contributed by atoms with Crippen molar-refractivity contribution in [2.75, 3.05) is 6.67 Å². The Bertz CT molecular complexity index is 273. The Kier molecular flexibility index (Phi) is 3.43. The van der Waals surface area contributed by atoms with Crippen LogP contribution in [0, 0.1) is 15.3 Å². The van der Waals surface area contributed by atoms with Crippen molar-refractivity contribution < 1.29 is 8.78 Å². The van der Waals surface area contributed by atoms with E-state index >= 15 is 0 Å². The second-order valence-corrected chi connectivity index (χ2v) is 3.70. The summed E-state index contributed by atoms with van der Waals surface area (Å²) >= 11 is 2.06. The van der Waals surface area contributed by atoms with Gasteiger partial charge in [0.1, 0.15) is 5.82 Å². The lowest BCUT2D eigenvalue weighted by Crippen LogP contribution is -1.99. The summed E-state index contributed by atoms with van der Waals surface area (Å²) in [6.45, 7) is 1.14. The molecule has 0 saturated carbocycles. The molecule has 0 aromatic heterocycles. The van der Waals surface area contributed by atoms with E-state index < -0.39 is 6.67 Å². The molecule has 0 N–H and O–H groups in total. The van der Waals surface area contributed by atoms with Crippen molar-refractivity contribution in [3.8, 4) is 0 Å². The van der Waals surface area contributed by atoms with E-state index in [2.05, 4.69) is 22.6 Å². The van der Waals surface area contributed by atoms with Crippen molar-refractivity contribution in [2.24, 2.45) is 0 Å². The van der Waals surface area contributed by atoms with Gasteiger partial charge >= 0.3 is 0 Å². The van der Waals surface area contributed by atoms with Crippen LogP contribution in [0.5, 0.6) is 0 Å². The summed E-state index contributed by atoms with van der Waals surface area (Å²) in [5.74, 6) is 0.247. The lowest BCUT2D eigenvalue weighted by Gasteiger charge is -2.08. The Morgan fingerprint density at radius 2 is 2.17 bits per heavy atom. The lowest BCUT2D eigenvalue weighted by molar-refractivity contribution is 0.514. The van der Waals surface area contributed by atoms with Gasteiger partial charge in [-0.2, -0.15) is 0 Å². The average Bonchev–Trinajstić information content (AvgIpc) is 2.08. The van der Waals surface area contributed by atoms with Gasteiger partial charge in [0.15, 0.2) is 0 Å². The molecule has 3 heteroatoms. The van der Waals surface area contributed by atoms with Gasteiger partial charge in [-0.1, -0.05) is 6.92 Å². The van der Waals surface area contributed by atoms with E-state index in [9.17, 15) is 8.78 Å². The Balaban J connectivity index is 3.04. The highest BCUT2D eigenvalue weighted by Crippen LogP contribution is 2.22. The smallest absolute Gasteiger partial charge is 0.123 e. The Morgan fingerprint density at radius 1 is 1.50 bits per heavy atom. The molecule has 0 unspecified atom stereocenters. The van der Waals surface area contributed by atoms with E-state index in [0.29, 0.717) is 11.5 Å². The summed E-state index contributed by atoms with van der Waals surface area (Å²) in [6, 6.07) is 4.37. The fraction of sp³-hybridized carbons (Fsp3) is 0.222. The van der Waals surface area contributed by atoms with Gasteiger partial charge in [-0.3, -0.25) is 4.39 Å². The van der Waals surface area contributed by atoms with Crippen LogP contribution in [-0.4, -0.2) is 6.67 Å². The Morgan fingerprint density at radius 3 is 2.75 bits per heavy atom. The molecule has 0 amide bonds. The van der Waals surface area contributed by atoms with Crippen molar-refractivity contribution in [1.29, 1.82) is 0 Å². The molecule has 1 aromatic carbocycles. The van der Waals surface area contributed by atoms with Crippen LogP contribution in [0.25, 0.3) is 0 Å². The lowest BCUT2D eigenvalue weighted by atomic mass is 10.0. The highest BCUT2D eigenvalue weighted by Gasteiger charge is 2.10. The Hall–Kier alpha value is -0.190. The zero-order valence-electron chi connectivity index (χ0n) is 6.57. The third-order valence-corrected chi connectivity index (χ3v) is 2.53. The van der Waals surface area contributed by atoms with E-state index in [-0.39, 0.29) is 5.82 Å². The largest absolute Gasteiger partial charge is 0.250 e. The molecule has 0 bridgehead atoms. The first-order valence-corrected chi connectivity index (χ1v) is 4.57. The molecule has 65 valence electrons. The summed E-state index contributed by atoms with van der Waals surface area (Å²) in [4.78, 5) is 0. The third kappa shape index (κ3) is 2.15. The third-order valence-electron chi connectivity index (χ3n) is 1.59. The molecule has 12 heavy (non-hydrogen) atoms. The second-order valence-electron chi connectivity index (χ2n) is 2.54. The molecule has 0 spiro atoms. The van der Waals surface area contributed by atoms with Crippen LogP contribution >= 0.6 is 22.6 Å². The minimum absolute atomic E-state index is 0.321. The van der Waals surface area contributed by atoms with Gasteiger partial charge < -0.3 is 0 Å². The number of halogens is 3. The van der Waals surface area contributed by atoms with Gasteiger partial charge in [-0.05, 0) is 46.4 Å². The molecule has 0 atom stereocenters. The number of alkyl halides is 1. The maximum absolute atomic E-state index is 12.7. The van der Waals surface area contributed by atoms with Crippen molar-refractivity contribution in [3.63, 3.8) is 0 Å². The van der Waals surface area contributed by atoms with Gasteiger partial charge in [0, 0.05) is 9.49 Å². The van der Waals surface area contributed by atoms with Gasteiger partial charge in [0.2, 0.25) is 0 Å². The second kappa shape index (κ2) is 4.16. The molecule has 0 heterocycles. The van der Waals surface area contributed by atoms with Crippen molar-refractivity contribution in [3.05, 3.63) is 39.1 Å². The molecule has 1 radical (unpaired) electrons. The van der Waals surface area contributed by atoms with Crippen LogP contribution in [0.1, 0.15) is 12.5 Å². The molecule has 0 aliphatic carbocycles. The van der Waals surface area contributed by atoms with E-state index in [1.807, 2.05) is 0 Å². The zero-order chi connectivity index (χ0) is 9.14. The van der Waals surface area contributed by atoms with Crippen LogP contribution < -0.4 is 0 Å². The van der Waals surface area contributed by atoms with E-state index in [1.165, 1.54) is 12.1 Å². The standard InChI is InChI=1S/C9H8F2I/c1-6(5-10)8-4-7(11)2-3-9(8)12/h2-4H,5H2,1H3. The highest BCUT2D eigenvalue weighted by molar-refractivity contribution is 14.1. The maximum atomic E-state index is 12.7. The molecule has 0 fully saturated rings. The van der Waals surface area contributed by atoms with Gasteiger partial charge in [0.25, 0.3) is 0 Å². The molecule has 1 aromatic rings. The first kappa shape index (κ1) is 9.89. The molecule has 0 nitrogen and oxygen atoms in total. The monoisotopic (exact) mass is 281 g/mol. The molecular formula is C9H8F2I. The van der Waals surface area contributed by atoms with Crippen molar-refractivity contribution in [1.82, 2.24) is 0 Å². The predicted molar refractivity (Wildman–Crippen MR) is 53.1 cm³/mol. The summed E-state index contributed by atoms with van der Waals surface area (Å²) in [5, 5.41) is 0. The number of hydrogen-bond donors (Lipinski definition) is 0. The van der Waals surface area contributed by atoms with Crippen molar-refractivity contribution >= 4 is 22.6 Å². The average molecular weight is 281 g/mol. The number of rotatable bonds is 2. The number of hydrogen-bond acceptors (Lipinski definition) is 0. The summed E-state index contributed by atoms with van der Waals surface area (Å²) in [7, 11) is 0. The van der Waals surface area contributed by atoms with Crippen LogP contribution in [-0.2, 0) is 0 Å². The van der Waals surface area contributed by atoms with Crippen LogP contribution in [0.2, 0.25) is 0 Å². The zero-order valence-corrected chi connectivity index (χ0v) is 8.73. The molecule has 0 aliphatic heterocycles. The number of benzene rings is 1. The van der Waals surface area contributed by atoms with Crippen LogP contribution in [0.4, 0.5) is 8.78 Å². The summed E-state index contributed by atoms with van der Waals surface area (Å²) < 4.78 is 25.8. The molecule has 1 rings (SSSR count). The van der Waals surface area contributed by atoms with Gasteiger partial charge in [-0.15, -0.1) is 0 Å². The minimum Gasteiger partial charge on any atom is -0.250 e. The molecule has 0 aliphatic rings. The van der Waals surface area contributed by atoms with E-state index in [1.54, 1.807) is 13.0 Å². The van der Waals surface area contributed by atoms with E-state index in [0.717, 1.165) is 3.57 Å². The first-order chi connectivity index (χ1) is 5.65. The summed E-state index contributed by atoms with van der Waals surface area (Å²) in [6.07, 6.45) is 0. The maximum Gasteiger partial charge on any atom is 0.123 e. The fourth-order valence-electron chi connectivity index (χ4n) is 0.897. The molecular weight excluding hydrogens is 273 g/mol. The molecule has 0 saturated heterocycles. The Labute approximate surface area is 84.1 Å². The quantitative estimate of drug-likeness (QED) is 0.729. The first-order valence-electron chi connectivity index (χ1n) is 3.49. The van der Waals surface area contributed by atoms with Crippen LogP contribution in [0.3, 0.4) is 0 Å². The topological polar surface area (TPSA) is 0 Å². The predicted octanol–water partition coefficient (Wildman–Crippen LogP) is 3.34. The fourth-order valence-corrected chi connectivity index (χ4v) is 1.69.